The van der Waals surface area contributed by atoms with Crippen LogP contribution in [0.5, 0.6) is 0 Å². The second kappa shape index (κ2) is 7.73. The summed E-state index contributed by atoms with van der Waals surface area (Å²) in [5.41, 5.74) is -0.171. The van der Waals surface area contributed by atoms with Crippen molar-refractivity contribution in [3.05, 3.63) is 76.3 Å². The molecule has 3 aromatic carbocycles. The molecular weight excluding hydrogens is 430 g/mol. The van der Waals surface area contributed by atoms with Gasteiger partial charge in [0.1, 0.15) is 0 Å². The number of hydrogen-bond acceptors (Lipinski definition) is 3. The Hall–Kier alpha value is -2.50. The van der Waals surface area contributed by atoms with E-state index in [2.05, 4.69) is 22.9 Å². The number of carbonyl (C=O) groups excluding carboxylic acids is 2. The average Bonchev–Trinajstić information content (AvgIpc) is 2.92. The van der Waals surface area contributed by atoms with Gasteiger partial charge in [-0.2, -0.15) is 0 Å². The van der Waals surface area contributed by atoms with Crippen LogP contribution in [-0.4, -0.2) is 23.3 Å². The predicted molar refractivity (Wildman–Crippen MR) is 118 cm³/mol. The van der Waals surface area contributed by atoms with Crippen molar-refractivity contribution < 1.29 is 14.7 Å². The highest BCUT2D eigenvalue weighted by Crippen LogP contribution is 2.44. The van der Waals surface area contributed by atoms with Gasteiger partial charge in [-0.25, -0.2) is 0 Å². The van der Waals surface area contributed by atoms with Crippen LogP contribution in [-0.2, 0) is 10.4 Å². The summed E-state index contributed by atoms with van der Waals surface area (Å²) in [6.07, 6.45) is 1.48. The molecule has 1 unspecified atom stereocenters. The van der Waals surface area contributed by atoms with E-state index in [1.165, 1.54) is 0 Å². The van der Waals surface area contributed by atoms with Crippen LogP contribution in [0.25, 0.3) is 10.8 Å². The number of unbranched alkanes of at least 4 members (excludes halogenated alkanes) is 1. The molecule has 0 fully saturated rings. The van der Waals surface area contributed by atoms with Crippen molar-refractivity contribution in [1.82, 2.24) is 0 Å². The van der Waals surface area contributed by atoms with E-state index in [-0.39, 0.29) is 12.2 Å². The van der Waals surface area contributed by atoms with Gasteiger partial charge in [-0.3, -0.25) is 9.59 Å². The fourth-order valence-electron chi connectivity index (χ4n) is 4.03. The molecule has 0 bridgehead atoms. The highest BCUT2D eigenvalue weighted by atomic mass is 79.9. The predicted octanol–water partition coefficient (Wildman–Crippen LogP) is 5.21. The first-order valence-corrected chi connectivity index (χ1v) is 10.6. The Balaban J connectivity index is 1.74. The zero-order valence-electron chi connectivity index (χ0n) is 16.2. The van der Waals surface area contributed by atoms with E-state index in [0.717, 1.165) is 28.1 Å². The summed E-state index contributed by atoms with van der Waals surface area (Å²) in [6.45, 7) is 2.58. The molecular formula is C24H22BrNO3. The molecule has 1 amide bonds. The third-order valence-corrected chi connectivity index (χ3v) is 6.03. The second-order valence-corrected chi connectivity index (χ2v) is 8.37. The SMILES string of the molecule is CCCCN1C(=O)C(O)(CC(=O)c2cccc3ccccc23)c2cc(Br)ccc21. The summed E-state index contributed by atoms with van der Waals surface area (Å²) < 4.78 is 0.762. The van der Waals surface area contributed by atoms with Gasteiger partial charge < -0.3 is 10.0 Å². The van der Waals surface area contributed by atoms with E-state index in [0.29, 0.717) is 23.4 Å². The number of amides is 1. The van der Waals surface area contributed by atoms with Crippen LogP contribution in [0.2, 0.25) is 0 Å². The molecule has 5 heteroatoms. The third kappa shape index (κ3) is 3.38. The topological polar surface area (TPSA) is 57.6 Å². The highest BCUT2D eigenvalue weighted by molar-refractivity contribution is 9.10. The number of Topliss-reactive ketones (excluding diaryl/α,β-unsaturated/α-hetero) is 1. The first-order valence-electron chi connectivity index (χ1n) is 9.81. The molecule has 0 radical (unpaired) electrons. The minimum atomic E-state index is -1.86. The number of benzene rings is 3. The Kier molecular flexibility index (Phi) is 5.28. The summed E-state index contributed by atoms with van der Waals surface area (Å²) in [7, 11) is 0. The number of rotatable bonds is 6. The van der Waals surface area contributed by atoms with Crippen molar-refractivity contribution in [2.75, 3.05) is 11.4 Å². The number of hydrogen-bond donors (Lipinski definition) is 1. The Morgan fingerprint density at radius 2 is 1.86 bits per heavy atom. The lowest BCUT2D eigenvalue weighted by Crippen LogP contribution is -2.42. The largest absolute Gasteiger partial charge is 0.375 e. The molecule has 148 valence electrons. The van der Waals surface area contributed by atoms with Gasteiger partial charge in [0.2, 0.25) is 0 Å². The monoisotopic (exact) mass is 451 g/mol. The van der Waals surface area contributed by atoms with Gasteiger partial charge in [-0.15, -0.1) is 0 Å². The van der Waals surface area contributed by atoms with Crippen molar-refractivity contribution in [2.45, 2.75) is 31.8 Å². The number of halogens is 1. The van der Waals surface area contributed by atoms with Crippen molar-refractivity contribution >= 4 is 44.1 Å². The lowest BCUT2D eigenvalue weighted by Gasteiger charge is -2.23. The molecule has 1 aliphatic heterocycles. The number of carbonyl (C=O) groups is 2. The zero-order chi connectivity index (χ0) is 20.6. The van der Waals surface area contributed by atoms with E-state index in [4.69, 9.17) is 0 Å². The van der Waals surface area contributed by atoms with Crippen LogP contribution in [0.1, 0.15) is 42.1 Å². The highest BCUT2D eigenvalue weighted by Gasteiger charge is 2.50. The molecule has 1 aliphatic rings. The molecule has 1 atom stereocenters. The van der Waals surface area contributed by atoms with Gasteiger partial charge in [-0.1, -0.05) is 71.7 Å². The van der Waals surface area contributed by atoms with Gasteiger partial charge in [0.25, 0.3) is 5.91 Å². The first-order chi connectivity index (χ1) is 14.0. The maximum atomic E-state index is 13.2. The minimum Gasteiger partial charge on any atom is -0.375 e. The Morgan fingerprint density at radius 1 is 1.10 bits per heavy atom. The van der Waals surface area contributed by atoms with Crippen LogP contribution in [0.4, 0.5) is 5.69 Å². The standard InChI is InChI=1S/C24H22BrNO3/c1-2-3-13-26-21-12-11-17(25)14-20(21)24(29,23(26)28)15-22(27)19-10-6-8-16-7-4-5-9-18(16)19/h4-12,14,29H,2-3,13,15H2,1H3. The van der Waals surface area contributed by atoms with Gasteiger partial charge in [0.05, 0.1) is 12.1 Å². The summed E-state index contributed by atoms with van der Waals surface area (Å²) in [5.74, 6) is -0.673. The number of nitrogens with zero attached hydrogens (tertiary/aromatic N) is 1. The van der Waals surface area contributed by atoms with E-state index in [1.807, 2.05) is 48.5 Å². The molecule has 4 nitrogen and oxygen atoms in total. The van der Waals surface area contributed by atoms with E-state index >= 15 is 0 Å². The fraction of sp³-hybridized carbons (Fsp3) is 0.250. The van der Waals surface area contributed by atoms with Gasteiger partial charge in [0, 0.05) is 22.1 Å². The number of aliphatic hydroxyl groups is 1. The Bertz CT molecular complexity index is 1100. The van der Waals surface area contributed by atoms with Gasteiger partial charge in [0.15, 0.2) is 11.4 Å². The number of fused-ring (bicyclic) bond motifs is 2. The molecule has 0 aliphatic carbocycles. The van der Waals surface area contributed by atoms with Crippen LogP contribution in [0.3, 0.4) is 0 Å². The van der Waals surface area contributed by atoms with Crippen LogP contribution in [0.15, 0.2) is 65.1 Å². The molecule has 3 aromatic rings. The summed E-state index contributed by atoms with van der Waals surface area (Å²) >= 11 is 3.43. The second-order valence-electron chi connectivity index (χ2n) is 7.46. The van der Waals surface area contributed by atoms with Crippen LogP contribution >= 0.6 is 15.9 Å². The lowest BCUT2D eigenvalue weighted by atomic mass is 9.87. The zero-order valence-corrected chi connectivity index (χ0v) is 17.8. The third-order valence-electron chi connectivity index (χ3n) is 5.54. The van der Waals surface area contributed by atoms with E-state index in [1.54, 1.807) is 17.0 Å². The molecule has 29 heavy (non-hydrogen) atoms. The Labute approximate surface area is 178 Å². The van der Waals surface area contributed by atoms with Crippen molar-refractivity contribution in [2.24, 2.45) is 0 Å². The fourth-order valence-corrected chi connectivity index (χ4v) is 4.39. The molecule has 1 N–H and O–H groups in total. The van der Waals surface area contributed by atoms with Crippen LogP contribution in [0, 0.1) is 0 Å². The normalized spacial score (nSPS) is 18.3. The minimum absolute atomic E-state index is 0.249. The molecule has 0 aromatic heterocycles. The summed E-state index contributed by atoms with van der Waals surface area (Å²) in [4.78, 5) is 28.1. The molecule has 1 heterocycles. The maximum absolute atomic E-state index is 13.2. The van der Waals surface area contributed by atoms with Crippen LogP contribution < -0.4 is 4.90 Å². The molecule has 0 spiro atoms. The molecule has 0 saturated carbocycles. The van der Waals surface area contributed by atoms with Gasteiger partial charge >= 0.3 is 0 Å². The maximum Gasteiger partial charge on any atom is 0.264 e. The quantitative estimate of drug-likeness (QED) is 0.523. The lowest BCUT2D eigenvalue weighted by molar-refractivity contribution is -0.135. The molecule has 4 rings (SSSR count). The van der Waals surface area contributed by atoms with E-state index in [9.17, 15) is 14.7 Å². The smallest absolute Gasteiger partial charge is 0.264 e. The van der Waals surface area contributed by atoms with Crippen molar-refractivity contribution in [1.29, 1.82) is 0 Å². The van der Waals surface area contributed by atoms with Gasteiger partial charge in [-0.05, 0) is 35.4 Å². The average molecular weight is 452 g/mol. The van der Waals surface area contributed by atoms with E-state index < -0.39 is 11.5 Å². The summed E-state index contributed by atoms with van der Waals surface area (Å²) in [6, 6.07) is 18.6. The van der Waals surface area contributed by atoms with Crippen molar-refractivity contribution in [3.8, 4) is 0 Å². The molecule has 0 saturated heterocycles. The summed E-state index contributed by atoms with van der Waals surface area (Å²) in [5, 5.41) is 13.3. The first kappa shape index (κ1) is 19.8. The van der Waals surface area contributed by atoms with Crippen molar-refractivity contribution in [3.63, 3.8) is 0 Å². The Morgan fingerprint density at radius 3 is 2.66 bits per heavy atom. The number of ketones is 1. The number of anilines is 1.